The van der Waals surface area contributed by atoms with E-state index < -0.39 is 21.4 Å². The molecule has 0 saturated carbocycles. The zero-order valence-corrected chi connectivity index (χ0v) is 16.0. The minimum Gasteiger partial charge on any atom is -0.340 e. The molecule has 142 valence electrons. The van der Waals surface area contributed by atoms with Crippen LogP contribution in [-0.4, -0.2) is 37.3 Å². The molecule has 1 aliphatic rings. The molecule has 1 aromatic rings. The Morgan fingerprint density at radius 3 is 2.38 bits per heavy atom. The Hall–Kier alpha value is -1.91. The standard InChI is InChI=1S/C19H25FN2O3S/c1-4-19(5-2,6-3)21-18(23)15-11-13-22(14-12-15)26(24,25)17-10-8-7-9-16(17)20/h1,7-10,15H,5-6,11-14H2,2-3H3,(H,21,23). The molecule has 26 heavy (non-hydrogen) atoms. The zero-order chi connectivity index (χ0) is 19.4. The van der Waals surface area contributed by atoms with Crippen molar-refractivity contribution in [1.82, 2.24) is 9.62 Å². The summed E-state index contributed by atoms with van der Waals surface area (Å²) in [5, 5.41) is 2.94. The van der Waals surface area contributed by atoms with E-state index in [1.807, 2.05) is 13.8 Å². The van der Waals surface area contributed by atoms with Crippen molar-refractivity contribution in [3.63, 3.8) is 0 Å². The van der Waals surface area contributed by atoms with Gasteiger partial charge in [0.25, 0.3) is 0 Å². The predicted molar refractivity (Wildman–Crippen MR) is 98.2 cm³/mol. The maximum Gasteiger partial charge on any atom is 0.245 e. The van der Waals surface area contributed by atoms with Crippen molar-refractivity contribution >= 4 is 15.9 Å². The average molecular weight is 380 g/mol. The highest BCUT2D eigenvalue weighted by atomic mass is 32.2. The van der Waals surface area contributed by atoms with E-state index in [-0.39, 0.29) is 29.8 Å². The number of halogens is 1. The second-order valence-electron chi connectivity index (χ2n) is 6.53. The second-order valence-corrected chi connectivity index (χ2v) is 8.44. The highest BCUT2D eigenvalue weighted by molar-refractivity contribution is 7.89. The SMILES string of the molecule is C#CC(CC)(CC)NC(=O)C1CCN(S(=O)(=O)c2ccccc2F)CC1. The van der Waals surface area contributed by atoms with Gasteiger partial charge in [0.05, 0.1) is 0 Å². The fourth-order valence-corrected chi connectivity index (χ4v) is 4.69. The third-order valence-corrected chi connectivity index (χ3v) is 7.06. The smallest absolute Gasteiger partial charge is 0.245 e. The first-order chi connectivity index (χ1) is 12.3. The fourth-order valence-electron chi connectivity index (χ4n) is 3.16. The topological polar surface area (TPSA) is 66.5 Å². The molecule has 1 N–H and O–H groups in total. The third kappa shape index (κ3) is 4.08. The summed E-state index contributed by atoms with van der Waals surface area (Å²) in [4.78, 5) is 12.2. The van der Waals surface area contributed by atoms with Gasteiger partial charge >= 0.3 is 0 Å². The summed E-state index contributed by atoms with van der Waals surface area (Å²) in [6.07, 6.45) is 7.60. The molecule has 1 heterocycles. The lowest BCUT2D eigenvalue weighted by molar-refractivity contribution is -0.127. The largest absolute Gasteiger partial charge is 0.340 e. The molecule has 0 radical (unpaired) electrons. The number of sulfonamides is 1. The summed E-state index contributed by atoms with van der Waals surface area (Å²) < 4.78 is 40.3. The number of terminal acetylenes is 1. The number of nitrogens with one attached hydrogen (secondary N) is 1. The van der Waals surface area contributed by atoms with Crippen LogP contribution in [-0.2, 0) is 14.8 Å². The van der Waals surface area contributed by atoms with Gasteiger partial charge in [-0.1, -0.05) is 31.9 Å². The third-order valence-electron chi connectivity index (χ3n) is 5.13. The molecule has 5 nitrogen and oxygen atoms in total. The number of nitrogens with zero attached hydrogens (tertiary/aromatic N) is 1. The maximum absolute atomic E-state index is 13.9. The Bertz CT molecular complexity index is 789. The normalized spacial score (nSPS) is 16.8. The van der Waals surface area contributed by atoms with Crippen molar-refractivity contribution in [3.05, 3.63) is 30.1 Å². The van der Waals surface area contributed by atoms with Crippen LogP contribution in [0, 0.1) is 24.1 Å². The summed E-state index contributed by atoms with van der Waals surface area (Å²) in [6.45, 7) is 4.20. The number of carbonyl (C=O) groups is 1. The van der Waals surface area contributed by atoms with Gasteiger partial charge in [-0.3, -0.25) is 4.79 Å². The molecule has 1 saturated heterocycles. The quantitative estimate of drug-likeness (QED) is 0.772. The average Bonchev–Trinajstić information content (AvgIpc) is 2.66. The maximum atomic E-state index is 13.9. The van der Waals surface area contributed by atoms with Crippen molar-refractivity contribution in [2.75, 3.05) is 13.1 Å². The molecule has 0 unspecified atom stereocenters. The van der Waals surface area contributed by atoms with Crippen LogP contribution in [0.25, 0.3) is 0 Å². The number of hydrogen-bond acceptors (Lipinski definition) is 3. The predicted octanol–water partition coefficient (Wildman–Crippen LogP) is 2.53. The number of rotatable bonds is 6. The van der Waals surface area contributed by atoms with Crippen LogP contribution in [0.1, 0.15) is 39.5 Å². The van der Waals surface area contributed by atoms with E-state index in [0.717, 1.165) is 6.07 Å². The Morgan fingerprint density at radius 2 is 1.88 bits per heavy atom. The van der Waals surface area contributed by atoms with Crippen LogP contribution < -0.4 is 5.32 Å². The van der Waals surface area contributed by atoms with Gasteiger partial charge in [0, 0.05) is 19.0 Å². The molecule has 0 bridgehead atoms. The summed E-state index contributed by atoms with van der Waals surface area (Å²) in [5.41, 5.74) is -0.659. The van der Waals surface area contributed by atoms with Gasteiger partial charge in [0.1, 0.15) is 16.3 Å². The molecule has 0 aromatic heterocycles. The number of benzene rings is 1. The number of hydrogen-bond donors (Lipinski definition) is 1. The number of piperidine rings is 1. The van der Waals surface area contributed by atoms with Gasteiger partial charge < -0.3 is 5.32 Å². The molecule has 7 heteroatoms. The molecule has 1 amide bonds. The first-order valence-electron chi connectivity index (χ1n) is 8.84. The minimum atomic E-state index is -3.90. The fraction of sp³-hybridized carbons (Fsp3) is 0.526. The molecule has 2 rings (SSSR count). The molecular weight excluding hydrogens is 355 g/mol. The molecule has 1 aromatic carbocycles. The van der Waals surface area contributed by atoms with Crippen LogP contribution in [0.5, 0.6) is 0 Å². The van der Waals surface area contributed by atoms with Gasteiger partial charge in [-0.15, -0.1) is 6.42 Å². The summed E-state index contributed by atoms with van der Waals surface area (Å²) in [7, 11) is -3.90. The van der Waals surface area contributed by atoms with Crippen LogP contribution >= 0.6 is 0 Å². The van der Waals surface area contributed by atoms with Gasteiger partial charge in [-0.05, 0) is 37.8 Å². The zero-order valence-electron chi connectivity index (χ0n) is 15.2. The highest BCUT2D eigenvalue weighted by Crippen LogP contribution is 2.26. The van der Waals surface area contributed by atoms with E-state index in [9.17, 15) is 17.6 Å². The van der Waals surface area contributed by atoms with Gasteiger partial charge in [-0.25, -0.2) is 12.8 Å². The van der Waals surface area contributed by atoms with Crippen molar-refractivity contribution in [2.24, 2.45) is 5.92 Å². The van der Waals surface area contributed by atoms with Crippen LogP contribution in [0.15, 0.2) is 29.2 Å². The van der Waals surface area contributed by atoms with E-state index >= 15 is 0 Å². The molecule has 1 aliphatic heterocycles. The van der Waals surface area contributed by atoms with E-state index in [0.29, 0.717) is 25.7 Å². The molecule has 1 fully saturated rings. The monoisotopic (exact) mass is 380 g/mol. The molecular formula is C19H25FN2O3S. The summed E-state index contributed by atoms with van der Waals surface area (Å²) in [5.74, 6) is 1.46. The van der Waals surface area contributed by atoms with E-state index in [2.05, 4.69) is 11.2 Å². The van der Waals surface area contributed by atoms with Crippen molar-refractivity contribution in [1.29, 1.82) is 0 Å². The number of amides is 1. The van der Waals surface area contributed by atoms with Gasteiger partial charge in [0.15, 0.2) is 0 Å². The minimum absolute atomic E-state index is 0.144. The van der Waals surface area contributed by atoms with Crippen molar-refractivity contribution < 1.29 is 17.6 Å². The van der Waals surface area contributed by atoms with E-state index in [1.54, 1.807) is 0 Å². The Balaban J connectivity index is 2.04. The second kappa shape index (κ2) is 8.19. The first-order valence-corrected chi connectivity index (χ1v) is 10.3. The first kappa shape index (κ1) is 20.4. The Kier molecular flexibility index (Phi) is 6.43. The van der Waals surface area contributed by atoms with Crippen LogP contribution in [0.3, 0.4) is 0 Å². The molecule has 0 aliphatic carbocycles. The van der Waals surface area contributed by atoms with Gasteiger partial charge in [-0.2, -0.15) is 4.31 Å². The molecule has 0 atom stereocenters. The number of carbonyl (C=O) groups excluding carboxylic acids is 1. The lowest BCUT2D eigenvalue weighted by Crippen LogP contribution is -2.51. The van der Waals surface area contributed by atoms with E-state index in [4.69, 9.17) is 6.42 Å². The molecule has 0 spiro atoms. The lowest BCUT2D eigenvalue weighted by atomic mass is 9.90. The van der Waals surface area contributed by atoms with Crippen LogP contribution in [0.4, 0.5) is 4.39 Å². The highest BCUT2D eigenvalue weighted by Gasteiger charge is 2.35. The van der Waals surface area contributed by atoms with Crippen molar-refractivity contribution in [2.45, 2.75) is 50.0 Å². The Morgan fingerprint density at radius 1 is 1.31 bits per heavy atom. The van der Waals surface area contributed by atoms with Gasteiger partial charge in [0.2, 0.25) is 15.9 Å². The summed E-state index contributed by atoms with van der Waals surface area (Å²) in [6, 6.07) is 5.32. The summed E-state index contributed by atoms with van der Waals surface area (Å²) >= 11 is 0. The Labute approximate surface area is 155 Å². The van der Waals surface area contributed by atoms with E-state index in [1.165, 1.54) is 22.5 Å². The lowest BCUT2D eigenvalue weighted by Gasteiger charge is -2.33. The van der Waals surface area contributed by atoms with Crippen molar-refractivity contribution in [3.8, 4) is 12.3 Å². The van der Waals surface area contributed by atoms with Crippen LogP contribution in [0.2, 0.25) is 0 Å².